The lowest BCUT2D eigenvalue weighted by Gasteiger charge is -1.97. The Balaban J connectivity index is 2.29. The van der Waals surface area contributed by atoms with Gasteiger partial charge in [0.05, 0.1) is 11.4 Å². The molecule has 0 bridgehead atoms. The summed E-state index contributed by atoms with van der Waals surface area (Å²) in [7, 11) is 0. The summed E-state index contributed by atoms with van der Waals surface area (Å²) in [5.74, 6) is 0.399. The van der Waals surface area contributed by atoms with Gasteiger partial charge < -0.3 is 5.73 Å². The highest BCUT2D eigenvalue weighted by molar-refractivity contribution is 8.12. The normalized spacial score (nSPS) is 10.6. The summed E-state index contributed by atoms with van der Waals surface area (Å²) in [5.41, 5.74) is 6.74. The monoisotopic (exact) mass is 208 g/mol. The Bertz CT molecular complexity index is 467. The van der Waals surface area contributed by atoms with E-state index < -0.39 is 5.24 Å². The van der Waals surface area contributed by atoms with E-state index >= 15 is 0 Å². The number of primary amides is 1. The first kappa shape index (κ1) is 9.01. The van der Waals surface area contributed by atoms with E-state index in [2.05, 4.69) is 10.3 Å². The van der Waals surface area contributed by atoms with Gasteiger partial charge in [-0.25, -0.2) is 4.68 Å². The Morgan fingerprint density at radius 1 is 1.50 bits per heavy atom. The SMILES string of the molecule is NC(=O)SCn1nnc2ccccc21. The predicted octanol–water partition coefficient (Wildman–Crippen LogP) is 1.20. The highest BCUT2D eigenvalue weighted by Crippen LogP contribution is 2.12. The second-order valence-corrected chi connectivity index (χ2v) is 3.62. The maximum absolute atomic E-state index is 10.6. The molecule has 6 heteroatoms. The van der Waals surface area contributed by atoms with E-state index in [1.165, 1.54) is 0 Å². The van der Waals surface area contributed by atoms with Gasteiger partial charge in [0, 0.05) is 0 Å². The minimum absolute atomic E-state index is 0.399. The number of amides is 1. The van der Waals surface area contributed by atoms with Crippen molar-refractivity contribution in [1.82, 2.24) is 15.0 Å². The number of hydrogen-bond acceptors (Lipinski definition) is 4. The van der Waals surface area contributed by atoms with Gasteiger partial charge in [0.1, 0.15) is 5.52 Å². The lowest BCUT2D eigenvalue weighted by atomic mass is 10.3. The fourth-order valence-electron chi connectivity index (χ4n) is 1.14. The Morgan fingerprint density at radius 3 is 3.07 bits per heavy atom. The maximum Gasteiger partial charge on any atom is 0.278 e. The average Bonchev–Trinajstić information content (AvgIpc) is 2.58. The van der Waals surface area contributed by atoms with Gasteiger partial charge in [-0.1, -0.05) is 17.3 Å². The minimum Gasteiger partial charge on any atom is -0.360 e. The molecular weight excluding hydrogens is 200 g/mol. The molecule has 14 heavy (non-hydrogen) atoms. The van der Waals surface area contributed by atoms with E-state index in [-0.39, 0.29) is 0 Å². The number of fused-ring (bicyclic) bond motifs is 1. The van der Waals surface area contributed by atoms with Gasteiger partial charge in [0.2, 0.25) is 0 Å². The van der Waals surface area contributed by atoms with E-state index in [4.69, 9.17) is 5.73 Å². The highest BCUT2D eigenvalue weighted by atomic mass is 32.2. The van der Waals surface area contributed by atoms with Gasteiger partial charge in [0.15, 0.2) is 0 Å². The van der Waals surface area contributed by atoms with Crippen LogP contribution in [0.2, 0.25) is 0 Å². The fraction of sp³-hybridized carbons (Fsp3) is 0.125. The molecule has 2 aromatic rings. The summed E-state index contributed by atoms with van der Waals surface area (Å²) in [6, 6.07) is 7.56. The second kappa shape index (κ2) is 3.67. The lowest BCUT2D eigenvalue weighted by molar-refractivity contribution is 0.267. The molecule has 72 valence electrons. The summed E-state index contributed by atoms with van der Waals surface area (Å²) in [5, 5.41) is 7.44. The number of carbonyl (C=O) groups is 1. The van der Waals surface area contributed by atoms with Crippen molar-refractivity contribution in [2.75, 3.05) is 0 Å². The van der Waals surface area contributed by atoms with E-state index in [0.29, 0.717) is 5.88 Å². The number of benzene rings is 1. The Morgan fingerprint density at radius 2 is 2.29 bits per heavy atom. The molecule has 0 atom stereocenters. The lowest BCUT2D eigenvalue weighted by Crippen LogP contribution is -2.06. The zero-order valence-electron chi connectivity index (χ0n) is 7.25. The molecule has 2 rings (SSSR count). The van der Waals surface area contributed by atoms with E-state index in [1.807, 2.05) is 24.3 Å². The zero-order valence-corrected chi connectivity index (χ0v) is 8.07. The number of carbonyl (C=O) groups excluding carboxylic acids is 1. The van der Waals surface area contributed by atoms with Gasteiger partial charge >= 0.3 is 0 Å². The summed E-state index contributed by atoms with van der Waals surface area (Å²) in [6.45, 7) is 0. The van der Waals surface area contributed by atoms with Crippen molar-refractivity contribution in [3.63, 3.8) is 0 Å². The third-order valence-electron chi connectivity index (χ3n) is 1.75. The molecule has 0 unspecified atom stereocenters. The van der Waals surface area contributed by atoms with Crippen molar-refractivity contribution in [2.24, 2.45) is 5.73 Å². The van der Waals surface area contributed by atoms with Crippen LogP contribution in [0.25, 0.3) is 11.0 Å². The largest absolute Gasteiger partial charge is 0.360 e. The molecule has 1 amide bonds. The predicted molar refractivity (Wildman–Crippen MR) is 54.7 cm³/mol. The molecule has 1 aromatic heterocycles. The zero-order chi connectivity index (χ0) is 9.97. The van der Waals surface area contributed by atoms with Gasteiger partial charge in [0.25, 0.3) is 5.24 Å². The maximum atomic E-state index is 10.6. The summed E-state index contributed by atoms with van der Waals surface area (Å²) >= 11 is 1.00. The fourth-order valence-corrected chi connectivity index (χ4v) is 1.58. The van der Waals surface area contributed by atoms with Crippen LogP contribution in [0.3, 0.4) is 0 Å². The number of thioether (sulfide) groups is 1. The molecule has 1 heterocycles. The molecule has 0 spiro atoms. The van der Waals surface area contributed by atoms with Crippen molar-refractivity contribution < 1.29 is 4.79 Å². The number of aromatic nitrogens is 3. The van der Waals surface area contributed by atoms with Crippen LogP contribution in [0.15, 0.2) is 24.3 Å². The third-order valence-corrected chi connectivity index (χ3v) is 2.41. The summed E-state index contributed by atoms with van der Waals surface area (Å²) in [6.07, 6.45) is 0. The molecule has 5 nitrogen and oxygen atoms in total. The molecule has 2 N–H and O–H groups in total. The topological polar surface area (TPSA) is 73.8 Å². The first-order chi connectivity index (χ1) is 6.77. The van der Waals surface area contributed by atoms with Gasteiger partial charge in [-0.05, 0) is 23.9 Å². The molecule has 0 aliphatic heterocycles. The smallest absolute Gasteiger partial charge is 0.278 e. The Kier molecular flexibility index (Phi) is 2.36. The van der Waals surface area contributed by atoms with E-state index in [1.54, 1.807) is 4.68 Å². The quantitative estimate of drug-likeness (QED) is 0.804. The Labute approximate surface area is 84.3 Å². The van der Waals surface area contributed by atoms with Crippen LogP contribution in [-0.2, 0) is 5.88 Å². The third kappa shape index (κ3) is 1.69. The van der Waals surface area contributed by atoms with E-state index in [0.717, 1.165) is 22.8 Å². The standard InChI is InChI=1S/C8H8N4OS/c9-8(13)14-5-12-7-4-2-1-3-6(7)10-11-12/h1-4H,5H2,(H2,9,13). The van der Waals surface area contributed by atoms with Crippen LogP contribution >= 0.6 is 11.8 Å². The van der Waals surface area contributed by atoms with E-state index in [9.17, 15) is 4.79 Å². The van der Waals surface area contributed by atoms with Crippen molar-refractivity contribution in [2.45, 2.75) is 5.88 Å². The van der Waals surface area contributed by atoms with Gasteiger partial charge in [-0.3, -0.25) is 4.79 Å². The van der Waals surface area contributed by atoms with Crippen LogP contribution < -0.4 is 5.73 Å². The summed E-state index contributed by atoms with van der Waals surface area (Å²) < 4.78 is 1.64. The number of para-hydroxylation sites is 1. The van der Waals surface area contributed by atoms with Crippen LogP contribution in [0.4, 0.5) is 4.79 Å². The molecule has 0 fully saturated rings. The first-order valence-corrected chi connectivity index (χ1v) is 4.96. The number of hydrogen-bond donors (Lipinski definition) is 1. The van der Waals surface area contributed by atoms with Crippen LogP contribution in [0.5, 0.6) is 0 Å². The minimum atomic E-state index is -0.412. The number of nitrogens with two attached hydrogens (primary N) is 1. The molecule has 1 aromatic carbocycles. The van der Waals surface area contributed by atoms with Crippen molar-refractivity contribution in [3.8, 4) is 0 Å². The van der Waals surface area contributed by atoms with Crippen molar-refractivity contribution >= 4 is 28.0 Å². The van der Waals surface area contributed by atoms with Gasteiger partial charge in [-0.2, -0.15) is 0 Å². The molecule has 0 aliphatic rings. The highest BCUT2D eigenvalue weighted by Gasteiger charge is 2.03. The summed E-state index contributed by atoms with van der Waals surface area (Å²) in [4.78, 5) is 10.6. The van der Waals surface area contributed by atoms with Gasteiger partial charge in [-0.15, -0.1) is 5.10 Å². The number of nitrogens with zero attached hydrogens (tertiary/aromatic N) is 3. The average molecular weight is 208 g/mol. The molecule has 0 radical (unpaired) electrons. The molecule has 0 saturated heterocycles. The van der Waals surface area contributed by atoms with Crippen LogP contribution in [-0.4, -0.2) is 20.2 Å². The first-order valence-electron chi connectivity index (χ1n) is 3.98. The van der Waals surface area contributed by atoms with Crippen LogP contribution in [0.1, 0.15) is 0 Å². The van der Waals surface area contributed by atoms with Crippen molar-refractivity contribution in [1.29, 1.82) is 0 Å². The molecule has 0 aliphatic carbocycles. The second-order valence-electron chi connectivity index (χ2n) is 2.67. The Hall–Kier alpha value is -1.56. The molecular formula is C8H8N4OS. The number of rotatable bonds is 2. The molecule has 0 saturated carbocycles. The van der Waals surface area contributed by atoms with Crippen molar-refractivity contribution in [3.05, 3.63) is 24.3 Å². The van der Waals surface area contributed by atoms with Crippen LogP contribution in [0, 0.1) is 0 Å².